The van der Waals surface area contributed by atoms with Gasteiger partial charge >= 0.3 is 0 Å². The molecule has 0 aliphatic rings. The number of para-hydroxylation sites is 2. The number of aliphatic hydroxyl groups is 1. The van der Waals surface area contributed by atoms with E-state index < -0.39 is 0 Å². The van der Waals surface area contributed by atoms with Gasteiger partial charge < -0.3 is 15.0 Å². The molecule has 2 N–H and O–H groups in total. The van der Waals surface area contributed by atoms with Crippen molar-refractivity contribution in [1.29, 1.82) is 0 Å². The number of aryl methyl sites for hydroxylation is 2. The smallest absolute Gasteiger partial charge is 0.109 e. The first-order valence-corrected chi connectivity index (χ1v) is 7.93. The molecule has 1 heterocycles. The average Bonchev–Trinajstić information content (AvgIpc) is 2.86. The molecule has 1 aromatic heterocycles. The quantitative estimate of drug-likeness (QED) is 0.785. The molecular weight excluding hydrogens is 262 g/mol. The van der Waals surface area contributed by atoms with Gasteiger partial charge in [-0.3, -0.25) is 0 Å². The van der Waals surface area contributed by atoms with Crippen molar-refractivity contribution in [2.24, 2.45) is 0 Å². The molecule has 116 valence electrons. The molecule has 0 bridgehead atoms. The summed E-state index contributed by atoms with van der Waals surface area (Å²) in [6.45, 7) is 8.31. The highest BCUT2D eigenvalue weighted by atomic mass is 16.3. The van der Waals surface area contributed by atoms with Crippen molar-refractivity contribution in [1.82, 2.24) is 14.9 Å². The van der Waals surface area contributed by atoms with E-state index >= 15 is 0 Å². The van der Waals surface area contributed by atoms with Crippen molar-refractivity contribution in [3.8, 4) is 0 Å². The summed E-state index contributed by atoms with van der Waals surface area (Å²) in [5.41, 5.74) is 2.10. The van der Waals surface area contributed by atoms with Crippen LogP contribution in [0.2, 0.25) is 0 Å². The van der Waals surface area contributed by atoms with Gasteiger partial charge in [-0.2, -0.15) is 0 Å². The predicted octanol–water partition coefficient (Wildman–Crippen LogP) is 2.74. The highest BCUT2D eigenvalue weighted by Crippen LogP contribution is 2.19. The lowest BCUT2D eigenvalue weighted by Gasteiger charge is -2.28. The van der Waals surface area contributed by atoms with Crippen molar-refractivity contribution in [2.75, 3.05) is 13.2 Å². The molecule has 1 aromatic carbocycles. The van der Waals surface area contributed by atoms with Gasteiger partial charge in [-0.1, -0.05) is 26.0 Å². The fourth-order valence-electron chi connectivity index (χ4n) is 2.92. The first-order valence-electron chi connectivity index (χ1n) is 7.93. The van der Waals surface area contributed by atoms with Crippen LogP contribution in [-0.4, -0.2) is 33.3 Å². The van der Waals surface area contributed by atoms with Crippen molar-refractivity contribution < 1.29 is 5.11 Å². The Balaban J connectivity index is 2.09. The van der Waals surface area contributed by atoms with E-state index in [0.29, 0.717) is 0 Å². The number of aromatic nitrogens is 2. The Bertz CT molecular complexity index is 578. The Hall–Kier alpha value is -1.39. The Morgan fingerprint density at radius 1 is 1.29 bits per heavy atom. The normalized spacial score (nSPS) is 14.5. The fourth-order valence-corrected chi connectivity index (χ4v) is 2.92. The SMILES string of the molecule is CCNC(C)(CO)CCCn1c(CC)nc2ccccc21. The Morgan fingerprint density at radius 3 is 2.71 bits per heavy atom. The number of rotatable bonds is 8. The third kappa shape index (κ3) is 3.63. The van der Waals surface area contributed by atoms with E-state index in [2.05, 4.69) is 48.9 Å². The van der Waals surface area contributed by atoms with Crippen LogP contribution < -0.4 is 5.32 Å². The van der Waals surface area contributed by atoms with Gasteiger partial charge in [0.15, 0.2) is 0 Å². The second-order valence-electron chi connectivity index (χ2n) is 5.87. The number of likely N-dealkylation sites (N-methyl/N-ethyl adjacent to an activating group) is 1. The van der Waals surface area contributed by atoms with Crippen LogP contribution in [0.25, 0.3) is 11.0 Å². The summed E-state index contributed by atoms with van der Waals surface area (Å²) >= 11 is 0. The minimum absolute atomic E-state index is 0.173. The predicted molar refractivity (Wildman–Crippen MR) is 87.5 cm³/mol. The summed E-state index contributed by atoms with van der Waals surface area (Å²) in [5.74, 6) is 1.14. The molecular formula is C17H27N3O. The lowest BCUT2D eigenvalue weighted by Crippen LogP contribution is -2.45. The molecule has 4 heteroatoms. The molecule has 0 radical (unpaired) electrons. The van der Waals surface area contributed by atoms with E-state index in [1.54, 1.807) is 0 Å². The molecule has 0 amide bonds. The van der Waals surface area contributed by atoms with Gasteiger partial charge in [0, 0.05) is 18.5 Å². The van der Waals surface area contributed by atoms with E-state index in [-0.39, 0.29) is 12.1 Å². The number of aliphatic hydroxyl groups excluding tert-OH is 1. The molecule has 1 unspecified atom stereocenters. The van der Waals surface area contributed by atoms with Gasteiger partial charge in [-0.05, 0) is 38.4 Å². The maximum Gasteiger partial charge on any atom is 0.109 e. The van der Waals surface area contributed by atoms with Crippen LogP contribution in [0.3, 0.4) is 0 Å². The largest absolute Gasteiger partial charge is 0.394 e. The number of hydrogen-bond acceptors (Lipinski definition) is 3. The maximum absolute atomic E-state index is 9.56. The van der Waals surface area contributed by atoms with Crippen molar-refractivity contribution >= 4 is 11.0 Å². The number of imidazole rings is 1. The van der Waals surface area contributed by atoms with Gasteiger partial charge in [0.25, 0.3) is 0 Å². The van der Waals surface area contributed by atoms with Crippen LogP contribution >= 0.6 is 0 Å². The summed E-state index contributed by atoms with van der Waals surface area (Å²) in [4.78, 5) is 4.70. The minimum Gasteiger partial charge on any atom is -0.394 e. The second-order valence-corrected chi connectivity index (χ2v) is 5.87. The van der Waals surface area contributed by atoms with Gasteiger partial charge in [-0.15, -0.1) is 0 Å². The highest BCUT2D eigenvalue weighted by Gasteiger charge is 2.21. The Morgan fingerprint density at radius 2 is 2.05 bits per heavy atom. The maximum atomic E-state index is 9.56. The van der Waals surface area contributed by atoms with E-state index in [9.17, 15) is 5.11 Å². The van der Waals surface area contributed by atoms with E-state index in [1.807, 2.05) is 6.07 Å². The molecule has 0 spiro atoms. The van der Waals surface area contributed by atoms with Crippen LogP contribution in [0, 0.1) is 0 Å². The molecule has 0 aliphatic carbocycles. The Kier molecular flexibility index (Phi) is 5.37. The molecule has 0 saturated carbocycles. The third-order valence-electron chi connectivity index (χ3n) is 4.11. The monoisotopic (exact) mass is 289 g/mol. The standard InChI is InChI=1S/C17H27N3O/c1-4-16-19-14-9-6-7-10-15(14)20(16)12-8-11-17(3,13-21)18-5-2/h6-7,9-10,18,21H,4-5,8,11-13H2,1-3H3. The lowest BCUT2D eigenvalue weighted by molar-refractivity contribution is 0.164. The first kappa shape index (κ1) is 16.0. The third-order valence-corrected chi connectivity index (χ3v) is 4.11. The minimum atomic E-state index is -0.183. The summed E-state index contributed by atoms with van der Waals surface area (Å²) in [7, 11) is 0. The van der Waals surface area contributed by atoms with Gasteiger partial charge in [0.2, 0.25) is 0 Å². The van der Waals surface area contributed by atoms with Crippen LogP contribution in [0.4, 0.5) is 0 Å². The Labute approximate surface area is 127 Å². The van der Waals surface area contributed by atoms with Crippen LogP contribution in [0.15, 0.2) is 24.3 Å². The highest BCUT2D eigenvalue weighted by molar-refractivity contribution is 5.75. The summed E-state index contributed by atoms with van der Waals surface area (Å²) in [6.07, 6.45) is 2.92. The topological polar surface area (TPSA) is 50.1 Å². The second kappa shape index (κ2) is 7.05. The number of benzene rings is 1. The van der Waals surface area contributed by atoms with Crippen LogP contribution in [0.1, 0.15) is 39.4 Å². The van der Waals surface area contributed by atoms with E-state index in [0.717, 1.165) is 43.7 Å². The number of hydrogen-bond donors (Lipinski definition) is 2. The van der Waals surface area contributed by atoms with Crippen molar-refractivity contribution in [2.45, 2.75) is 52.1 Å². The van der Waals surface area contributed by atoms with Gasteiger partial charge in [-0.25, -0.2) is 4.98 Å². The zero-order valence-electron chi connectivity index (χ0n) is 13.4. The lowest BCUT2D eigenvalue weighted by atomic mass is 9.97. The summed E-state index contributed by atoms with van der Waals surface area (Å²) in [6, 6.07) is 8.31. The van der Waals surface area contributed by atoms with E-state index in [4.69, 9.17) is 4.98 Å². The average molecular weight is 289 g/mol. The fraction of sp³-hybridized carbons (Fsp3) is 0.588. The van der Waals surface area contributed by atoms with E-state index in [1.165, 1.54) is 5.52 Å². The molecule has 1 atom stereocenters. The zero-order chi connectivity index (χ0) is 15.3. The zero-order valence-corrected chi connectivity index (χ0v) is 13.4. The molecule has 0 aliphatic heterocycles. The summed E-state index contributed by atoms with van der Waals surface area (Å²) in [5, 5.41) is 12.9. The van der Waals surface area contributed by atoms with Crippen molar-refractivity contribution in [3.63, 3.8) is 0 Å². The van der Waals surface area contributed by atoms with Crippen LogP contribution in [0.5, 0.6) is 0 Å². The molecule has 0 fully saturated rings. The number of nitrogens with one attached hydrogen (secondary N) is 1. The molecule has 21 heavy (non-hydrogen) atoms. The number of fused-ring (bicyclic) bond motifs is 1. The molecule has 2 rings (SSSR count). The number of nitrogens with zero attached hydrogens (tertiary/aromatic N) is 2. The molecule has 4 nitrogen and oxygen atoms in total. The molecule has 0 saturated heterocycles. The van der Waals surface area contributed by atoms with Crippen LogP contribution in [-0.2, 0) is 13.0 Å². The molecule has 2 aromatic rings. The van der Waals surface area contributed by atoms with Gasteiger partial charge in [0.1, 0.15) is 5.82 Å². The van der Waals surface area contributed by atoms with Gasteiger partial charge in [0.05, 0.1) is 17.6 Å². The summed E-state index contributed by atoms with van der Waals surface area (Å²) < 4.78 is 2.32. The first-order chi connectivity index (χ1) is 10.1. The van der Waals surface area contributed by atoms with Crippen molar-refractivity contribution in [3.05, 3.63) is 30.1 Å².